The molecule has 17 heavy (non-hydrogen) atoms. The molecule has 0 fully saturated rings. The summed E-state index contributed by atoms with van der Waals surface area (Å²) in [5.74, 6) is -0.531. The van der Waals surface area contributed by atoms with Crippen molar-refractivity contribution in [3.05, 3.63) is 28.5 Å². The largest absolute Gasteiger partial charge is 0.371 e. The van der Waals surface area contributed by atoms with Gasteiger partial charge in [0, 0.05) is 10.5 Å². The molecule has 1 unspecified atom stereocenters. The average Bonchev–Trinajstić information content (AvgIpc) is 2.22. The van der Waals surface area contributed by atoms with Gasteiger partial charge in [0.1, 0.15) is 11.9 Å². The molecule has 0 bridgehead atoms. The van der Waals surface area contributed by atoms with Crippen LogP contribution in [-0.2, 0) is 4.79 Å². The summed E-state index contributed by atoms with van der Waals surface area (Å²) in [4.78, 5) is 11.6. The number of nitrogens with one attached hydrogen (secondary N) is 2. The lowest BCUT2D eigenvalue weighted by Crippen LogP contribution is -2.41. The molecule has 0 radical (unpaired) electrons. The maximum atomic E-state index is 13.4. The SMILES string of the molecule is CC(C)NC(=O)C(C)Nc1cc(Br)ccc1F. The monoisotopic (exact) mass is 302 g/mol. The summed E-state index contributed by atoms with van der Waals surface area (Å²) in [7, 11) is 0. The number of anilines is 1. The van der Waals surface area contributed by atoms with Crippen LogP contribution in [0.15, 0.2) is 22.7 Å². The second-order valence-electron chi connectivity index (χ2n) is 4.15. The molecule has 0 saturated carbocycles. The summed E-state index contributed by atoms with van der Waals surface area (Å²) >= 11 is 3.26. The van der Waals surface area contributed by atoms with Crippen LogP contribution in [0.25, 0.3) is 0 Å². The van der Waals surface area contributed by atoms with Crippen molar-refractivity contribution in [1.29, 1.82) is 0 Å². The van der Waals surface area contributed by atoms with E-state index in [2.05, 4.69) is 26.6 Å². The van der Waals surface area contributed by atoms with Crippen molar-refractivity contribution in [2.75, 3.05) is 5.32 Å². The summed E-state index contributed by atoms with van der Waals surface area (Å²) in [5, 5.41) is 5.60. The summed E-state index contributed by atoms with van der Waals surface area (Å²) in [6.07, 6.45) is 0. The fraction of sp³-hybridized carbons (Fsp3) is 0.417. The van der Waals surface area contributed by atoms with Crippen molar-refractivity contribution in [1.82, 2.24) is 5.32 Å². The van der Waals surface area contributed by atoms with E-state index >= 15 is 0 Å². The maximum absolute atomic E-state index is 13.4. The molecule has 1 atom stereocenters. The van der Waals surface area contributed by atoms with Crippen LogP contribution in [0.2, 0.25) is 0 Å². The molecule has 2 N–H and O–H groups in total. The summed E-state index contributed by atoms with van der Waals surface area (Å²) < 4.78 is 14.2. The van der Waals surface area contributed by atoms with E-state index < -0.39 is 6.04 Å². The molecular formula is C12H16BrFN2O. The molecule has 3 nitrogen and oxygen atoms in total. The zero-order valence-electron chi connectivity index (χ0n) is 10.1. The number of carbonyl (C=O) groups excluding carboxylic acids is 1. The van der Waals surface area contributed by atoms with Gasteiger partial charge in [-0.25, -0.2) is 4.39 Å². The third-order valence-electron chi connectivity index (χ3n) is 2.12. The van der Waals surface area contributed by atoms with Gasteiger partial charge in [-0.05, 0) is 39.0 Å². The van der Waals surface area contributed by atoms with Crippen molar-refractivity contribution >= 4 is 27.5 Å². The van der Waals surface area contributed by atoms with Crippen molar-refractivity contribution < 1.29 is 9.18 Å². The van der Waals surface area contributed by atoms with Crippen LogP contribution in [-0.4, -0.2) is 18.0 Å². The molecule has 0 saturated heterocycles. The first kappa shape index (κ1) is 14.0. The first-order valence-corrected chi connectivity index (χ1v) is 6.21. The minimum atomic E-state index is -0.485. The Balaban J connectivity index is 2.70. The van der Waals surface area contributed by atoms with Crippen molar-refractivity contribution in [3.63, 3.8) is 0 Å². The van der Waals surface area contributed by atoms with E-state index in [1.165, 1.54) is 6.07 Å². The lowest BCUT2D eigenvalue weighted by Gasteiger charge is -2.17. The third-order valence-corrected chi connectivity index (χ3v) is 2.62. The molecule has 0 aromatic heterocycles. The number of halogens is 2. The molecule has 1 amide bonds. The number of hydrogen-bond acceptors (Lipinski definition) is 2. The Morgan fingerprint density at radius 1 is 1.35 bits per heavy atom. The van der Waals surface area contributed by atoms with Gasteiger partial charge in [0.2, 0.25) is 5.91 Å². The molecule has 0 aliphatic rings. The number of benzene rings is 1. The van der Waals surface area contributed by atoms with Crippen molar-refractivity contribution in [3.8, 4) is 0 Å². The van der Waals surface area contributed by atoms with Gasteiger partial charge in [0.05, 0.1) is 5.69 Å². The number of amides is 1. The molecule has 1 rings (SSSR count). The quantitative estimate of drug-likeness (QED) is 0.898. The van der Waals surface area contributed by atoms with Gasteiger partial charge in [0.15, 0.2) is 0 Å². The molecule has 0 aliphatic carbocycles. The Morgan fingerprint density at radius 3 is 2.59 bits per heavy atom. The zero-order chi connectivity index (χ0) is 13.0. The van der Waals surface area contributed by atoms with E-state index in [0.717, 1.165) is 4.47 Å². The molecule has 94 valence electrons. The highest BCUT2D eigenvalue weighted by Gasteiger charge is 2.15. The van der Waals surface area contributed by atoms with Crippen LogP contribution in [0.5, 0.6) is 0 Å². The van der Waals surface area contributed by atoms with Crippen LogP contribution in [0, 0.1) is 5.82 Å². The van der Waals surface area contributed by atoms with Gasteiger partial charge in [-0.3, -0.25) is 4.79 Å². The summed E-state index contributed by atoms with van der Waals surface area (Å²) in [5.41, 5.74) is 0.311. The Morgan fingerprint density at radius 2 is 2.00 bits per heavy atom. The minimum Gasteiger partial charge on any atom is -0.371 e. The van der Waals surface area contributed by atoms with E-state index in [0.29, 0.717) is 5.69 Å². The van der Waals surface area contributed by atoms with Gasteiger partial charge in [-0.2, -0.15) is 0 Å². The van der Waals surface area contributed by atoms with Crippen LogP contribution in [0.1, 0.15) is 20.8 Å². The predicted octanol–water partition coefficient (Wildman–Crippen LogP) is 2.91. The Bertz CT molecular complexity index is 409. The second kappa shape index (κ2) is 6.00. The Kier molecular flexibility index (Phi) is 4.93. The molecule has 0 spiro atoms. The van der Waals surface area contributed by atoms with Gasteiger partial charge in [-0.15, -0.1) is 0 Å². The standard InChI is InChI=1S/C12H16BrFN2O/c1-7(2)15-12(17)8(3)16-11-6-9(13)4-5-10(11)14/h4-8,16H,1-3H3,(H,15,17). The fourth-order valence-corrected chi connectivity index (χ4v) is 1.68. The number of carbonyl (C=O) groups is 1. The average molecular weight is 303 g/mol. The minimum absolute atomic E-state index is 0.0686. The predicted molar refractivity (Wildman–Crippen MR) is 70.5 cm³/mol. The highest BCUT2D eigenvalue weighted by atomic mass is 79.9. The molecule has 0 aliphatic heterocycles. The van der Waals surface area contributed by atoms with Crippen LogP contribution < -0.4 is 10.6 Å². The van der Waals surface area contributed by atoms with E-state index in [1.807, 2.05) is 13.8 Å². The Labute approximate surface area is 109 Å². The van der Waals surface area contributed by atoms with E-state index in [1.54, 1.807) is 19.1 Å². The number of rotatable bonds is 4. The van der Waals surface area contributed by atoms with Crippen LogP contribution in [0.4, 0.5) is 10.1 Å². The van der Waals surface area contributed by atoms with Crippen molar-refractivity contribution in [2.45, 2.75) is 32.9 Å². The summed E-state index contributed by atoms with van der Waals surface area (Å²) in [6.45, 7) is 5.45. The van der Waals surface area contributed by atoms with Gasteiger partial charge in [-0.1, -0.05) is 15.9 Å². The third kappa shape index (κ3) is 4.34. The van der Waals surface area contributed by atoms with Gasteiger partial charge in [0.25, 0.3) is 0 Å². The molecular weight excluding hydrogens is 287 g/mol. The lowest BCUT2D eigenvalue weighted by atomic mass is 10.2. The summed E-state index contributed by atoms with van der Waals surface area (Å²) in [6, 6.07) is 4.15. The van der Waals surface area contributed by atoms with E-state index in [-0.39, 0.29) is 17.8 Å². The zero-order valence-corrected chi connectivity index (χ0v) is 11.6. The first-order chi connectivity index (χ1) is 7.90. The second-order valence-corrected chi connectivity index (χ2v) is 5.07. The lowest BCUT2D eigenvalue weighted by molar-refractivity contribution is -0.122. The van der Waals surface area contributed by atoms with E-state index in [4.69, 9.17) is 0 Å². The van der Waals surface area contributed by atoms with Gasteiger partial charge < -0.3 is 10.6 Å². The van der Waals surface area contributed by atoms with Crippen LogP contribution in [0.3, 0.4) is 0 Å². The highest BCUT2D eigenvalue weighted by molar-refractivity contribution is 9.10. The topological polar surface area (TPSA) is 41.1 Å². The Hall–Kier alpha value is -1.10. The highest BCUT2D eigenvalue weighted by Crippen LogP contribution is 2.20. The number of hydrogen-bond donors (Lipinski definition) is 2. The van der Waals surface area contributed by atoms with Crippen molar-refractivity contribution in [2.24, 2.45) is 0 Å². The normalized spacial score (nSPS) is 12.4. The maximum Gasteiger partial charge on any atom is 0.242 e. The first-order valence-electron chi connectivity index (χ1n) is 5.42. The van der Waals surface area contributed by atoms with Crippen LogP contribution >= 0.6 is 15.9 Å². The van der Waals surface area contributed by atoms with Gasteiger partial charge >= 0.3 is 0 Å². The molecule has 0 heterocycles. The molecule has 5 heteroatoms. The van der Waals surface area contributed by atoms with E-state index in [9.17, 15) is 9.18 Å². The smallest absolute Gasteiger partial charge is 0.242 e. The molecule has 1 aromatic carbocycles. The fourth-order valence-electron chi connectivity index (χ4n) is 1.32. The molecule has 1 aromatic rings.